The molecule has 8 heteroatoms. The van der Waals surface area contributed by atoms with Crippen molar-refractivity contribution in [1.82, 2.24) is 10.3 Å². The van der Waals surface area contributed by atoms with Gasteiger partial charge in [0.15, 0.2) is 0 Å². The highest BCUT2D eigenvalue weighted by Gasteiger charge is 2.30. The quantitative estimate of drug-likeness (QED) is 0.784. The number of carbonyl (C=O) groups is 2. The Labute approximate surface area is 160 Å². The summed E-state index contributed by atoms with van der Waals surface area (Å²) in [4.78, 5) is 28.3. The molecule has 0 saturated carbocycles. The van der Waals surface area contributed by atoms with Gasteiger partial charge in [-0.3, -0.25) is 9.59 Å². The highest BCUT2D eigenvalue weighted by molar-refractivity contribution is 7.13. The van der Waals surface area contributed by atoms with Crippen molar-refractivity contribution in [2.24, 2.45) is 11.8 Å². The molecule has 6 nitrogen and oxygen atoms in total. The number of carbonyl (C=O) groups excluding carboxylic acids is 1. The van der Waals surface area contributed by atoms with E-state index < -0.39 is 11.9 Å². The number of amides is 1. The summed E-state index contributed by atoms with van der Waals surface area (Å²) < 4.78 is 5.28. The number of aliphatic carboxylic acids is 1. The highest BCUT2D eigenvalue weighted by Crippen LogP contribution is 2.30. The van der Waals surface area contributed by atoms with Crippen molar-refractivity contribution in [1.29, 1.82) is 0 Å². The Kier molecular flexibility index (Phi) is 6.24. The largest absolute Gasteiger partial charge is 0.481 e. The number of aromatic nitrogens is 1. The summed E-state index contributed by atoms with van der Waals surface area (Å²) in [6.45, 7) is 1.21. The number of thiazole rings is 1. The van der Waals surface area contributed by atoms with Gasteiger partial charge in [0, 0.05) is 30.7 Å². The summed E-state index contributed by atoms with van der Waals surface area (Å²) in [5.41, 5.74) is 1.03. The van der Waals surface area contributed by atoms with Crippen LogP contribution in [0, 0.1) is 11.8 Å². The molecule has 1 amide bonds. The van der Waals surface area contributed by atoms with Gasteiger partial charge in [0.25, 0.3) is 5.91 Å². The van der Waals surface area contributed by atoms with Crippen LogP contribution >= 0.6 is 22.9 Å². The standard InChI is InChI=1S/C18H19ClN2O4S/c19-14-4-2-1-3-12(14)17-21-15(10-26-17)16(22)20-9-13(18(23)24)11-5-7-25-8-6-11/h1-4,10-11,13H,5-9H2,(H,20,22)(H,23,24). The Bertz CT molecular complexity index is 789. The van der Waals surface area contributed by atoms with E-state index in [0.717, 1.165) is 5.56 Å². The number of halogens is 1. The molecule has 1 aliphatic heterocycles. The highest BCUT2D eigenvalue weighted by atomic mass is 35.5. The van der Waals surface area contributed by atoms with Crippen molar-refractivity contribution in [3.8, 4) is 10.6 Å². The molecule has 0 aliphatic carbocycles. The third kappa shape index (κ3) is 4.41. The number of benzene rings is 1. The molecule has 0 bridgehead atoms. The fourth-order valence-corrected chi connectivity index (χ4v) is 4.12. The van der Waals surface area contributed by atoms with E-state index in [4.69, 9.17) is 16.3 Å². The summed E-state index contributed by atoms with van der Waals surface area (Å²) in [5, 5.41) is 15.1. The molecule has 2 heterocycles. The molecule has 2 N–H and O–H groups in total. The Balaban J connectivity index is 1.64. The van der Waals surface area contributed by atoms with Gasteiger partial charge >= 0.3 is 5.97 Å². The molecule has 0 radical (unpaired) electrons. The van der Waals surface area contributed by atoms with Crippen LogP contribution in [0.3, 0.4) is 0 Å². The Morgan fingerprint density at radius 3 is 2.77 bits per heavy atom. The van der Waals surface area contributed by atoms with Crippen LogP contribution in [0.1, 0.15) is 23.3 Å². The van der Waals surface area contributed by atoms with Gasteiger partial charge in [-0.15, -0.1) is 11.3 Å². The minimum Gasteiger partial charge on any atom is -0.481 e. The van der Waals surface area contributed by atoms with Crippen molar-refractivity contribution in [3.05, 3.63) is 40.4 Å². The molecule has 1 aliphatic rings. The number of nitrogens with one attached hydrogen (secondary N) is 1. The summed E-state index contributed by atoms with van der Waals surface area (Å²) in [6, 6.07) is 7.29. The summed E-state index contributed by atoms with van der Waals surface area (Å²) in [7, 11) is 0. The second-order valence-corrected chi connectivity index (χ2v) is 7.39. The predicted molar refractivity (Wildman–Crippen MR) is 99.6 cm³/mol. The second-order valence-electron chi connectivity index (χ2n) is 6.12. The van der Waals surface area contributed by atoms with Crippen molar-refractivity contribution < 1.29 is 19.4 Å². The first-order chi connectivity index (χ1) is 12.6. The van der Waals surface area contributed by atoms with Crippen molar-refractivity contribution in [3.63, 3.8) is 0 Å². The number of carboxylic acids is 1. The van der Waals surface area contributed by atoms with E-state index in [2.05, 4.69) is 10.3 Å². The van der Waals surface area contributed by atoms with E-state index in [1.807, 2.05) is 18.2 Å². The molecule has 3 rings (SSSR count). The van der Waals surface area contributed by atoms with Gasteiger partial charge in [0.2, 0.25) is 0 Å². The van der Waals surface area contributed by atoms with Crippen molar-refractivity contribution >= 4 is 34.8 Å². The molecule has 2 aromatic rings. The minimum absolute atomic E-state index is 0.00988. The molecule has 1 unspecified atom stereocenters. The van der Waals surface area contributed by atoms with E-state index >= 15 is 0 Å². The third-order valence-electron chi connectivity index (χ3n) is 4.48. The molecular formula is C18H19ClN2O4S. The number of ether oxygens (including phenoxy) is 1. The summed E-state index contributed by atoms with van der Waals surface area (Å²) in [6.07, 6.45) is 1.39. The van der Waals surface area contributed by atoms with Crippen LogP contribution in [0.15, 0.2) is 29.6 Å². The first-order valence-corrected chi connectivity index (χ1v) is 9.61. The van der Waals surface area contributed by atoms with Crippen LogP contribution in [-0.4, -0.2) is 41.7 Å². The SMILES string of the molecule is O=C(NCC(C(=O)O)C1CCOCC1)c1csc(-c2ccccc2Cl)n1. The van der Waals surface area contributed by atoms with Crippen LogP contribution in [-0.2, 0) is 9.53 Å². The van der Waals surface area contributed by atoms with E-state index in [0.29, 0.717) is 36.1 Å². The molecule has 1 saturated heterocycles. The number of hydrogen-bond acceptors (Lipinski definition) is 5. The zero-order valence-corrected chi connectivity index (χ0v) is 15.6. The van der Waals surface area contributed by atoms with Gasteiger partial charge in [-0.05, 0) is 24.8 Å². The predicted octanol–water partition coefficient (Wildman–Crippen LogP) is 3.32. The molecule has 138 valence electrons. The summed E-state index contributed by atoms with van der Waals surface area (Å²) in [5.74, 6) is -1.88. The molecule has 1 fully saturated rings. The topological polar surface area (TPSA) is 88.5 Å². The first kappa shape index (κ1) is 18.8. The Morgan fingerprint density at radius 2 is 2.08 bits per heavy atom. The van der Waals surface area contributed by atoms with Crippen molar-refractivity contribution in [2.75, 3.05) is 19.8 Å². The monoisotopic (exact) mass is 394 g/mol. The van der Waals surface area contributed by atoms with Gasteiger partial charge in [-0.25, -0.2) is 4.98 Å². The van der Waals surface area contributed by atoms with Crippen LogP contribution in [0.4, 0.5) is 0 Å². The van der Waals surface area contributed by atoms with Crippen LogP contribution in [0.5, 0.6) is 0 Å². The van der Waals surface area contributed by atoms with Gasteiger partial charge in [-0.1, -0.05) is 29.8 Å². The van der Waals surface area contributed by atoms with Crippen LogP contribution in [0.25, 0.3) is 10.6 Å². The van der Waals surface area contributed by atoms with E-state index in [1.54, 1.807) is 11.4 Å². The fraction of sp³-hybridized carbons (Fsp3) is 0.389. The van der Waals surface area contributed by atoms with Gasteiger partial charge in [0.1, 0.15) is 10.7 Å². The van der Waals surface area contributed by atoms with Crippen LogP contribution in [0.2, 0.25) is 5.02 Å². The maximum atomic E-state index is 12.4. The number of nitrogens with zero attached hydrogens (tertiary/aromatic N) is 1. The number of rotatable bonds is 6. The van der Waals surface area contributed by atoms with E-state index in [1.165, 1.54) is 11.3 Å². The number of carboxylic acid groups (broad SMARTS) is 1. The van der Waals surface area contributed by atoms with Crippen molar-refractivity contribution in [2.45, 2.75) is 12.8 Å². The van der Waals surface area contributed by atoms with E-state index in [9.17, 15) is 14.7 Å². The van der Waals surface area contributed by atoms with Gasteiger partial charge in [0.05, 0.1) is 10.9 Å². The lowest BCUT2D eigenvalue weighted by molar-refractivity contribution is -0.144. The van der Waals surface area contributed by atoms with E-state index in [-0.39, 0.29) is 24.1 Å². The number of hydrogen-bond donors (Lipinski definition) is 2. The summed E-state index contributed by atoms with van der Waals surface area (Å²) >= 11 is 7.49. The average Bonchev–Trinajstić information content (AvgIpc) is 3.13. The first-order valence-electron chi connectivity index (χ1n) is 8.35. The van der Waals surface area contributed by atoms with Gasteiger partial charge < -0.3 is 15.2 Å². The average molecular weight is 395 g/mol. The van der Waals surface area contributed by atoms with Crippen LogP contribution < -0.4 is 5.32 Å². The second kappa shape index (κ2) is 8.62. The lowest BCUT2D eigenvalue weighted by atomic mass is 9.86. The Morgan fingerprint density at radius 1 is 1.35 bits per heavy atom. The molecule has 0 spiro atoms. The maximum absolute atomic E-state index is 12.4. The molecular weight excluding hydrogens is 376 g/mol. The Hall–Kier alpha value is -1.96. The lowest BCUT2D eigenvalue weighted by Crippen LogP contribution is -2.39. The molecule has 1 aromatic heterocycles. The molecule has 1 atom stereocenters. The zero-order valence-electron chi connectivity index (χ0n) is 14.0. The lowest BCUT2D eigenvalue weighted by Gasteiger charge is -2.27. The fourth-order valence-electron chi connectivity index (χ4n) is 3.00. The third-order valence-corrected chi connectivity index (χ3v) is 5.68. The van der Waals surface area contributed by atoms with Gasteiger partial charge in [-0.2, -0.15) is 0 Å². The maximum Gasteiger partial charge on any atom is 0.308 e. The molecule has 1 aromatic carbocycles. The smallest absolute Gasteiger partial charge is 0.308 e. The normalized spacial score (nSPS) is 16.2. The minimum atomic E-state index is -0.896. The molecule has 26 heavy (non-hydrogen) atoms. The zero-order chi connectivity index (χ0) is 18.5.